The number of carbonyl (C=O) groups is 1. The van der Waals surface area contributed by atoms with E-state index in [9.17, 15) is 9.18 Å². The zero-order valence-electron chi connectivity index (χ0n) is 14.2. The maximum Gasteiger partial charge on any atom is 0.254 e. The van der Waals surface area contributed by atoms with Gasteiger partial charge in [0.2, 0.25) is 0 Å². The van der Waals surface area contributed by atoms with Crippen LogP contribution in [0, 0.1) is 5.82 Å². The topological polar surface area (TPSA) is 38.3 Å². The fraction of sp³-hybridized carbons (Fsp3) is 0.350. The first-order valence-electron chi connectivity index (χ1n) is 8.17. The first kappa shape index (κ1) is 16.5. The third kappa shape index (κ3) is 3.42. The third-order valence-electron chi connectivity index (χ3n) is 4.28. The number of ether oxygens (including phenoxy) is 1. The highest BCUT2D eigenvalue weighted by Crippen LogP contribution is 2.33. The smallest absolute Gasteiger partial charge is 0.254 e. The van der Waals surface area contributed by atoms with Gasteiger partial charge in [0.25, 0.3) is 5.91 Å². The van der Waals surface area contributed by atoms with Crippen molar-refractivity contribution >= 4 is 5.91 Å². The summed E-state index contributed by atoms with van der Waals surface area (Å²) in [6.45, 7) is 6.89. The Hall–Kier alpha value is -2.36. The van der Waals surface area contributed by atoms with Crippen molar-refractivity contribution in [2.24, 2.45) is 0 Å². The van der Waals surface area contributed by atoms with Crippen molar-refractivity contribution in [3.8, 4) is 5.75 Å². The van der Waals surface area contributed by atoms with E-state index in [1.54, 1.807) is 12.1 Å². The largest absolute Gasteiger partial charge is 0.488 e. The van der Waals surface area contributed by atoms with Crippen molar-refractivity contribution in [1.29, 1.82) is 0 Å². The molecule has 1 amide bonds. The van der Waals surface area contributed by atoms with Gasteiger partial charge in [0.05, 0.1) is 12.1 Å². The van der Waals surface area contributed by atoms with Crippen molar-refractivity contribution in [3.63, 3.8) is 0 Å². The van der Waals surface area contributed by atoms with Gasteiger partial charge >= 0.3 is 0 Å². The highest BCUT2D eigenvalue weighted by molar-refractivity contribution is 5.94. The van der Waals surface area contributed by atoms with Crippen molar-refractivity contribution in [3.05, 3.63) is 65.0 Å². The van der Waals surface area contributed by atoms with E-state index in [4.69, 9.17) is 4.74 Å². The lowest BCUT2D eigenvalue weighted by atomic mass is 9.86. The molecule has 3 rings (SSSR count). The average molecular weight is 327 g/mol. The minimum atomic E-state index is -0.513. The maximum atomic E-state index is 13.6. The average Bonchev–Trinajstić information content (AvgIpc) is 2.94. The molecule has 1 aliphatic heterocycles. The minimum absolute atomic E-state index is 0.0584. The molecule has 0 spiro atoms. The standard InChI is InChI=1S/C20H22FNO2/c1-20(2,3)14-8-9-18-13(10-14)11-15(24-18)12-22-19(23)16-6-4-5-7-17(16)21/h4-10,15H,11-12H2,1-3H3,(H,22,23)/t15-/m1/s1. The number of rotatable bonds is 3. The molecule has 1 heterocycles. The molecule has 0 unspecified atom stereocenters. The summed E-state index contributed by atoms with van der Waals surface area (Å²) < 4.78 is 19.5. The fourth-order valence-corrected chi connectivity index (χ4v) is 2.85. The Labute approximate surface area is 141 Å². The molecule has 0 aromatic heterocycles. The van der Waals surface area contributed by atoms with Crippen LogP contribution >= 0.6 is 0 Å². The second-order valence-corrected chi connectivity index (χ2v) is 7.21. The molecule has 0 bridgehead atoms. The number of amides is 1. The van der Waals surface area contributed by atoms with Crippen molar-refractivity contribution in [2.75, 3.05) is 6.54 Å². The monoisotopic (exact) mass is 327 g/mol. The maximum absolute atomic E-state index is 13.6. The van der Waals surface area contributed by atoms with Gasteiger partial charge in [-0.1, -0.05) is 45.0 Å². The molecule has 2 aromatic carbocycles. The van der Waals surface area contributed by atoms with Crippen LogP contribution in [0.4, 0.5) is 4.39 Å². The molecular formula is C20H22FNO2. The Kier molecular flexibility index (Phi) is 4.31. The molecular weight excluding hydrogens is 305 g/mol. The Morgan fingerprint density at radius 2 is 2.00 bits per heavy atom. The van der Waals surface area contributed by atoms with Gasteiger partial charge in [0.1, 0.15) is 17.7 Å². The Bertz CT molecular complexity index is 764. The summed E-state index contributed by atoms with van der Waals surface area (Å²) in [7, 11) is 0. The van der Waals surface area contributed by atoms with Gasteiger partial charge in [-0.2, -0.15) is 0 Å². The highest BCUT2D eigenvalue weighted by Gasteiger charge is 2.25. The number of hydrogen-bond acceptors (Lipinski definition) is 2. The zero-order chi connectivity index (χ0) is 17.3. The van der Waals surface area contributed by atoms with E-state index in [0.717, 1.165) is 17.7 Å². The number of nitrogens with one attached hydrogen (secondary N) is 1. The predicted molar refractivity (Wildman–Crippen MR) is 92.0 cm³/mol. The minimum Gasteiger partial charge on any atom is -0.488 e. The number of hydrogen-bond donors (Lipinski definition) is 1. The molecule has 0 aliphatic carbocycles. The Morgan fingerprint density at radius 3 is 2.71 bits per heavy atom. The van der Waals surface area contributed by atoms with Gasteiger partial charge in [-0.25, -0.2) is 4.39 Å². The molecule has 1 atom stereocenters. The lowest BCUT2D eigenvalue weighted by Gasteiger charge is -2.19. The fourth-order valence-electron chi connectivity index (χ4n) is 2.85. The Balaban J connectivity index is 1.62. The molecule has 1 aliphatic rings. The number of benzene rings is 2. The van der Waals surface area contributed by atoms with E-state index in [-0.39, 0.29) is 17.1 Å². The van der Waals surface area contributed by atoms with Crippen molar-refractivity contribution < 1.29 is 13.9 Å². The van der Waals surface area contributed by atoms with E-state index in [0.29, 0.717) is 6.54 Å². The summed E-state index contributed by atoms with van der Waals surface area (Å²) in [5.41, 5.74) is 2.57. The molecule has 0 fully saturated rings. The number of fused-ring (bicyclic) bond motifs is 1. The zero-order valence-corrected chi connectivity index (χ0v) is 14.2. The van der Waals surface area contributed by atoms with E-state index in [2.05, 4.69) is 38.2 Å². The summed E-state index contributed by atoms with van der Waals surface area (Å²) >= 11 is 0. The van der Waals surface area contributed by atoms with Gasteiger partial charge in [-0.05, 0) is 34.7 Å². The van der Waals surface area contributed by atoms with Crippen LogP contribution in [0.5, 0.6) is 5.75 Å². The quantitative estimate of drug-likeness (QED) is 0.930. The molecule has 3 nitrogen and oxygen atoms in total. The van der Waals surface area contributed by atoms with Crippen LogP contribution in [0.15, 0.2) is 42.5 Å². The number of halogens is 1. The molecule has 0 saturated carbocycles. The second kappa shape index (κ2) is 6.27. The highest BCUT2D eigenvalue weighted by atomic mass is 19.1. The summed E-state index contributed by atoms with van der Waals surface area (Å²) in [5, 5.41) is 2.76. The van der Waals surface area contributed by atoms with Crippen LogP contribution in [0.1, 0.15) is 42.3 Å². The summed E-state index contributed by atoms with van der Waals surface area (Å²) in [4.78, 5) is 12.1. The van der Waals surface area contributed by atoms with Gasteiger partial charge < -0.3 is 10.1 Å². The van der Waals surface area contributed by atoms with Crippen LogP contribution in [0.25, 0.3) is 0 Å². The molecule has 24 heavy (non-hydrogen) atoms. The van der Waals surface area contributed by atoms with Gasteiger partial charge in [-0.15, -0.1) is 0 Å². The number of carbonyl (C=O) groups excluding carboxylic acids is 1. The second-order valence-electron chi connectivity index (χ2n) is 7.21. The van der Waals surface area contributed by atoms with E-state index >= 15 is 0 Å². The molecule has 126 valence electrons. The first-order valence-corrected chi connectivity index (χ1v) is 8.17. The van der Waals surface area contributed by atoms with Crippen molar-refractivity contribution in [2.45, 2.75) is 38.7 Å². The van der Waals surface area contributed by atoms with Crippen LogP contribution < -0.4 is 10.1 Å². The normalized spacial score (nSPS) is 16.4. The van der Waals surface area contributed by atoms with E-state index < -0.39 is 11.7 Å². The molecule has 1 N–H and O–H groups in total. The Morgan fingerprint density at radius 1 is 1.25 bits per heavy atom. The predicted octanol–water partition coefficient (Wildman–Crippen LogP) is 3.86. The van der Waals surface area contributed by atoms with Crippen LogP contribution in [0.2, 0.25) is 0 Å². The van der Waals surface area contributed by atoms with E-state index in [1.807, 2.05) is 6.07 Å². The van der Waals surface area contributed by atoms with Crippen LogP contribution in [0.3, 0.4) is 0 Å². The summed E-state index contributed by atoms with van der Waals surface area (Å²) in [6, 6.07) is 12.2. The van der Waals surface area contributed by atoms with Gasteiger partial charge in [-0.3, -0.25) is 4.79 Å². The summed E-state index contributed by atoms with van der Waals surface area (Å²) in [5.74, 6) is -0.0587. The molecule has 4 heteroatoms. The molecule has 0 saturated heterocycles. The van der Waals surface area contributed by atoms with Crippen molar-refractivity contribution in [1.82, 2.24) is 5.32 Å². The SMILES string of the molecule is CC(C)(C)c1ccc2c(c1)C[C@H](CNC(=O)c1ccccc1F)O2. The lowest BCUT2D eigenvalue weighted by molar-refractivity contribution is 0.0929. The van der Waals surface area contributed by atoms with Crippen LogP contribution in [-0.4, -0.2) is 18.6 Å². The third-order valence-corrected chi connectivity index (χ3v) is 4.28. The lowest BCUT2D eigenvalue weighted by Crippen LogP contribution is -2.34. The first-order chi connectivity index (χ1) is 11.3. The van der Waals surface area contributed by atoms with E-state index in [1.165, 1.54) is 17.7 Å². The van der Waals surface area contributed by atoms with Gasteiger partial charge in [0.15, 0.2) is 0 Å². The van der Waals surface area contributed by atoms with Gasteiger partial charge in [0, 0.05) is 6.42 Å². The van der Waals surface area contributed by atoms with Crippen LogP contribution in [-0.2, 0) is 11.8 Å². The molecule has 2 aromatic rings. The summed E-state index contributed by atoms with van der Waals surface area (Å²) in [6.07, 6.45) is 0.627. The molecule has 0 radical (unpaired) electrons.